The Kier molecular flexibility index (Phi) is 3.85. The molecule has 2 nitrogen and oxygen atoms in total. The van der Waals surface area contributed by atoms with Gasteiger partial charge in [-0.2, -0.15) is 0 Å². The maximum absolute atomic E-state index is 12.9. The molecule has 1 aromatic heterocycles. The summed E-state index contributed by atoms with van der Waals surface area (Å²) < 4.78 is 0. The van der Waals surface area contributed by atoms with E-state index in [4.69, 9.17) is 0 Å². The van der Waals surface area contributed by atoms with Crippen LogP contribution in [0, 0.1) is 13.8 Å². The zero-order chi connectivity index (χ0) is 14.1. The smallest absolute Gasteiger partial charge is 0.259 e. The van der Waals surface area contributed by atoms with Crippen LogP contribution in [-0.2, 0) is 0 Å². The summed E-state index contributed by atoms with van der Waals surface area (Å²) in [5.41, 5.74) is 1.91. The molecule has 1 aromatic carbocycles. The lowest BCUT2D eigenvalue weighted by atomic mass is 10.2. The van der Waals surface area contributed by atoms with Crippen LogP contribution >= 0.6 is 23.1 Å². The van der Waals surface area contributed by atoms with Gasteiger partial charge in [0, 0.05) is 21.2 Å². The van der Waals surface area contributed by atoms with E-state index in [2.05, 4.69) is 19.1 Å². The van der Waals surface area contributed by atoms with Crippen molar-refractivity contribution in [3.05, 3.63) is 45.6 Å². The normalized spacial score (nSPS) is 14.8. The maximum Gasteiger partial charge on any atom is 0.259 e. The molecule has 0 atom stereocenters. The van der Waals surface area contributed by atoms with Gasteiger partial charge in [-0.25, -0.2) is 0 Å². The van der Waals surface area contributed by atoms with Crippen molar-refractivity contribution in [2.75, 3.05) is 17.2 Å². The molecule has 0 bridgehead atoms. The lowest BCUT2D eigenvalue weighted by molar-refractivity contribution is 0.0986. The van der Waals surface area contributed by atoms with Crippen molar-refractivity contribution in [2.24, 2.45) is 0 Å². The number of fused-ring (bicyclic) bond motifs is 1. The number of rotatable bonds is 1. The number of amides is 1. The van der Waals surface area contributed by atoms with Crippen LogP contribution in [0.5, 0.6) is 0 Å². The quantitative estimate of drug-likeness (QED) is 0.772. The summed E-state index contributed by atoms with van der Waals surface area (Å²) in [6.45, 7) is 4.89. The van der Waals surface area contributed by atoms with Crippen molar-refractivity contribution in [3.8, 4) is 0 Å². The molecule has 0 saturated carbocycles. The maximum atomic E-state index is 12.9. The Bertz CT molecular complexity index is 648. The summed E-state index contributed by atoms with van der Waals surface area (Å²) in [6, 6.07) is 10.2. The molecular formula is C16H17NOS2. The molecule has 104 valence electrons. The number of nitrogens with zero attached hydrogens (tertiary/aromatic N) is 1. The molecule has 2 heterocycles. The second-order valence-corrected chi connectivity index (χ2v) is 7.55. The first-order valence-electron chi connectivity index (χ1n) is 6.77. The Hall–Kier alpha value is -1.26. The zero-order valence-corrected chi connectivity index (χ0v) is 13.3. The molecule has 20 heavy (non-hydrogen) atoms. The van der Waals surface area contributed by atoms with Gasteiger partial charge in [-0.05, 0) is 44.2 Å². The molecule has 0 saturated heterocycles. The van der Waals surface area contributed by atoms with Gasteiger partial charge in [0.2, 0.25) is 0 Å². The number of anilines is 1. The molecule has 0 radical (unpaired) electrons. The number of hydrogen-bond donors (Lipinski definition) is 0. The van der Waals surface area contributed by atoms with Crippen molar-refractivity contribution in [3.63, 3.8) is 0 Å². The van der Waals surface area contributed by atoms with Crippen LogP contribution < -0.4 is 4.90 Å². The Morgan fingerprint density at radius 1 is 1.25 bits per heavy atom. The van der Waals surface area contributed by atoms with Crippen LogP contribution in [-0.4, -0.2) is 18.2 Å². The first-order valence-corrected chi connectivity index (χ1v) is 8.58. The lowest BCUT2D eigenvalue weighted by Gasteiger charge is -2.22. The Morgan fingerprint density at radius 2 is 2.05 bits per heavy atom. The van der Waals surface area contributed by atoms with Crippen LogP contribution in [0.3, 0.4) is 0 Å². The third-order valence-corrected chi connectivity index (χ3v) is 5.57. The Labute approximate surface area is 127 Å². The predicted molar refractivity (Wildman–Crippen MR) is 87.3 cm³/mol. The third-order valence-electron chi connectivity index (χ3n) is 3.46. The summed E-state index contributed by atoms with van der Waals surface area (Å²) in [6.07, 6.45) is 1.03. The SMILES string of the molecule is Cc1cc(C(=O)N2CCCSc3ccccc32)c(C)s1. The lowest BCUT2D eigenvalue weighted by Crippen LogP contribution is -2.31. The Balaban J connectivity index is 2.01. The first-order chi connectivity index (χ1) is 9.66. The van der Waals surface area contributed by atoms with Gasteiger partial charge < -0.3 is 4.90 Å². The van der Waals surface area contributed by atoms with Crippen LogP contribution in [0.2, 0.25) is 0 Å². The minimum atomic E-state index is 0.141. The molecular weight excluding hydrogens is 286 g/mol. The van der Waals surface area contributed by atoms with Crippen LogP contribution in [0.15, 0.2) is 35.2 Å². The number of carbonyl (C=O) groups is 1. The first kappa shape index (κ1) is 13.7. The zero-order valence-electron chi connectivity index (χ0n) is 11.7. The van der Waals surface area contributed by atoms with Gasteiger partial charge in [-0.15, -0.1) is 23.1 Å². The minimum Gasteiger partial charge on any atom is -0.307 e. The van der Waals surface area contributed by atoms with E-state index in [1.165, 1.54) is 9.77 Å². The van der Waals surface area contributed by atoms with E-state index in [0.717, 1.165) is 34.8 Å². The second-order valence-electron chi connectivity index (χ2n) is 4.95. The summed E-state index contributed by atoms with van der Waals surface area (Å²) >= 11 is 3.54. The van der Waals surface area contributed by atoms with E-state index < -0.39 is 0 Å². The summed E-state index contributed by atoms with van der Waals surface area (Å²) in [4.78, 5) is 18.3. The summed E-state index contributed by atoms with van der Waals surface area (Å²) in [5, 5.41) is 0. The van der Waals surface area contributed by atoms with Gasteiger partial charge in [-0.3, -0.25) is 4.79 Å². The molecule has 4 heteroatoms. The van der Waals surface area contributed by atoms with Gasteiger partial charge in [0.05, 0.1) is 11.3 Å². The average molecular weight is 303 g/mol. The number of aryl methyl sites for hydroxylation is 2. The second kappa shape index (κ2) is 5.62. The fraction of sp³-hybridized carbons (Fsp3) is 0.312. The van der Waals surface area contributed by atoms with Gasteiger partial charge in [0.25, 0.3) is 5.91 Å². The minimum absolute atomic E-state index is 0.141. The highest BCUT2D eigenvalue weighted by molar-refractivity contribution is 7.99. The number of hydrogen-bond acceptors (Lipinski definition) is 3. The highest BCUT2D eigenvalue weighted by Crippen LogP contribution is 2.35. The third kappa shape index (κ3) is 2.50. The van der Waals surface area contributed by atoms with Gasteiger partial charge in [0.1, 0.15) is 0 Å². The fourth-order valence-corrected chi connectivity index (χ4v) is 4.44. The molecule has 1 aliphatic heterocycles. The van der Waals surface area contributed by atoms with Crippen LogP contribution in [0.1, 0.15) is 26.5 Å². The summed E-state index contributed by atoms with van der Waals surface area (Å²) in [7, 11) is 0. The van der Waals surface area contributed by atoms with Crippen molar-refractivity contribution < 1.29 is 4.79 Å². The van der Waals surface area contributed by atoms with Crippen molar-refractivity contribution in [1.29, 1.82) is 0 Å². The highest BCUT2D eigenvalue weighted by Gasteiger charge is 2.24. The van der Waals surface area contributed by atoms with Gasteiger partial charge >= 0.3 is 0 Å². The van der Waals surface area contributed by atoms with Gasteiger partial charge in [0.15, 0.2) is 0 Å². The molecule has 0 N–H and O–H groups in total. The number of para-hydroxylation sites is 1. The molecule has 1 aliphatic rings. The van der Waals surface area contributed by atoms with Crippen LogP contribution in [0.25, 0.3) is 0 Å². The number of thiophene rings is 1. The molecule has 2 aromatic rings. The van der Waals surface area contributed by atoms with E-state index in [1.54, 1.807) is 11.3 Å². The van der Waals surface area contributed by atoms with Crippen molar-refractivity contribution >= 4 is 34.7 Å². The molecule has 0 unspecified atom stereocenters. The van der Waals surface area contributed by atoms with E-state index in [1.807, 2.05) is 41.8 Å². The molecule has 0 spiro atoms. The van der Waals surface area contributed by atoms with Crippen molar-refractivity contribution in [1.82, 2.24) is 0 Å². The van der Waals surface area contributed by atoms with E-state index in [0.29, 0.717) is 0 Å². The highest BCUT2D eigenvalue weighted by atomic mass is 32.2. The monoisotopic (exact) mass is 303 g/mol. The molecule has 0 aliphatic carbocycles. The van der Waals surface area contributed by atoms with Gasteiger partial charge in [-0.1, -0.05) is 12.1 Å². The number of thioether (sulfide) groups is 1. The molecule has 3 rings (SSSR count). The topological polar surface area (TPSA) is 20.3 Å². The van der Waals surface area contributed by atoms with Crippen LogP contribution in [0.4, 0.5) is 5.69 Å². The number of benzene rings is 1. The molecule has 0 fully saturated rings. The van der Waals surface area contributed by atoms with Crippen molar-refractivity contribution in [2.45, 2.75) is 25.2 Å². The van der Waals surface area contributed by atoms with E-state index in [9.17, 15) is 4.79 Å². The summed E-state index contributed by atoms with van der Waals surface area (Å²) in [5.74, 6) is 1.21. The molecule has 1 amide bonds. The fourth-order valence-electron chi connectivity index (χ4n) is 2.53. The Morgan fingerprint density at radius 3 is 2.80 bits per heavy atom. The number of carbonyl (C=O) groups excluding carboxylic acids is 1. The average Bonchev–Trinajstić information content (AvgIpc) is 2.66. The largest absolute Gasteiger partial charge is 0.307 e. The standard InChI is InChI=1S/C16H17NOS2/c1-11-10-13(12(2)20-11)16(18)17-8-5-9-19-15-7-4-3-6-14(15)17/h3-4,6-7,10H,5,8-9H2,1-2H3. The van der Waals surface area contributed by atoms with E-state index >= 15 is 0 Å². The van der Waals surface area contributed by atoms with E-state index in [-0.39, 0.29) is 5.91 Å². The predicted octanol–water partition coefficient (Wildman–Crippen LogP) is 4.51.